The van der Waals surface area contributed by atoms with Crippen molar-refractivity contribution in [1.29, 1.82) is 0 Å². The number of carboxylic acid groups (broad SMARTS) is 1. The van der Waals surface area contributed by atoms with Crippen molar-refractivity contribution in [1.82, 2.24) is 0 Å². The van der Waals surface area contributed by atoms with Gasteiger partial charge in [-0.2, -0.15) is 0 Å². The lowest BCUT2D eigenvalue weighted by Gasteiger charge is -2.29. The maximum absolute atomic E-state index is 12.9. The zero-order chi connectivity index (χ0) is 17.8. The van der Waals surface area contributed by atoms with Crippen LogP contribution in [0.5, 0.6) is 5.75 Å². The molecule has 0 amide bonds. The summed E-state index contributed by atoms with van der Waals surface area (Å²) in [5, 5.41) is 9.31. The zero-order valence-corrected chi connectivity index (χ0v) is 14.2. The number of rotatable bonds is 5. The van der Waals surface area contributed by atoms with Crippen LogP contribution in [0.4, 0.5) is 5.69 Å². The van der Waals surface area contributed by atoms with E-state index in [0.29, 0.717) is 11.3 Å². The Bertz CT molecular complexity index is 794. The van der Waals surface area contributed by atoms with Gasteiger partial charge in [0.2, 0.25) is 0 Å². The average molecular weight is 339 g/mol. The Balaban J connectivity index is 1.97. The number of ketones is 1. The first-order valence-electron chi connectivity index (χ1n) is 8.42. The van der Waals surface area contributed by atoms with Crippen molar-refractivity contribution in [3.8, 4) is 5.75 Å². The Morgan fingerprint density at radius 2 is 1.64 bits per heavy atom. The molecule has 5 nitrogen and oxygen atoms in total. The third-order valence-electron chi connectivity index (χ3n) is 4.55. The van der Waals surface area contributed by atoms with E-state index in [1.807, 2.05) is 12.1 Å². The summed E-state index contributed by atoms with van der Waals surface area (Å²) in [6.07, 6.45) is 3.57. The van der Waals surface area contributed by atoms with Crippen molar-refractivity contribution in [3.05, 3.63) is 59.2 Å². The quantitative estimate of drug-likeness (QED) is 0.843. The van der Waals surface area contributed by atoms with Gasteiger partial charge in [-0.1, -0.05) is 18.2 Å². The SMILES string of the molecule is COc1cc(N2CCCCC2)ccc1C(=O)c1ccccc1C(=O)O. The second kappa shape index (κ2) is 7.38. The van der Waals surface area contributed by atoms with Gasteiger partial charge in [-0.3, -0.25) is 4.79 Å². The number of nitrogens with zero attached hydrogens (tertiary/aromatic N) is 1. The highest BCUT2D eigenvalue weighted by molar-refractivity contribution is 6.15. The van der Waals surface area contributed by atoms with E-state index in [0.717, 1.165) is 31.6 Å². The number of hydrogen-bond acceptors (Lipinski definition) is 4. The molecule has 1 aliphatic rings. The molecule has 1 aliphatic heterocycles. The first-order valence-corrected chi connectivity index (χ1v) is 8.42. The van der Waals surface area contributed by atoms with Gasteiger partial charge in [0.15, 0.2) is 5.78 Å². The predicted octanol–water partition coefficient (Wildman–Crippen LogP) is 3.61. The van der Waals surface area contributed by atoms with Gasteiger partial charge in [-0.25, -0.2) is 4.79 Å². The third kappa shape index (κ3) is 3.50. The van der Waals surface area contributed by atoms with Crippen molar-refractivity contribution < 1.29 is 19.4 Å². The number of carbonyl (C=O) groups excluding carboxylic acids is 1. The monoisotopic (exact) mass is 339 g/mol. The van der Waals surface area contributed by atoms with Crippen LogP contribution in [0.1, 0.15) is 45.5 Å². The van der Waals surface area contributed by atoms with E-state index in [1.54, 1.807) is 18.2 Å². The molecule has 1 heterocycles. The van der Waals surface area contributed by atoms with Crippen LogP contribution in [0.3, 0.4) is 0 Å². The van der Waals surface area contributed by atoms with Gasteiger partial charge in [0, 0.05) is 30.4 Å². The maximum Gasteiger partial charge on any atom is 0.336 e. The van der Waals surface area contributed by atoms with Crippen molar-refractivity contribution in [2.45, 2.75) is 19.3 Å². The van der Waals surface area contributed by atoms with E-state index in [4.69, 9.17) is 4.74 Å². The molecule has 0 aliphatic carbocycles. The van der Waals surface area contributed by atoms with Crippen LogP contribution < -0.4 is 9.64 Å². The Hall–Kier alpha value is -2.82. The molecule has 1 fully saturated rings. The summed E-state index contributed by atoms with van der Waals surface area (Å²) >= 11 is 0. The summed E-state index contributed by atoms with van der Waals surface area (Å²) in [6.45, 7) is 2.00. The van der Waals surface area contributed by atoms with Crippen LogP contribution in [0.15, 0.2) is 42.5 Å². The van der Waals surface area contributed by atoms with Crippen molar-refractivity contribution >= 4 is 17.4 Å². The molecular weight excluding hydrogens is 318 g/mol. The van der Waals surface area contributed by atoms with Gasteiger partial charge in [-0.05, 0) is 37.5 Å². The number of carbonyl (C=O) groups is 2. The minimum atomic E-state index is -1.12. The molecule has 0 atom stereocenters. The van der Waals surface area contributed by atoms with Crippen LogP contribution in [-0.2, 0) is 0 Å². The van der Waals surface area contributed by atoms with E-state index >= 15 is 0 Å². The number of ether oxygens (including phenoxy) is 1. The highest BCUT2D eigenvalue weighted by atomic mass is 16.5. The number of carboxylic acids is 1. The first-order chi connectivity index (χ1) is 12.1. The minimum absolute atomic E-state index is 0.00494. The summed E-state index contributed by atoms with van der Waals surface area (Å²) in [5.41, 5.74) is 1.56. The molecule has 2 aromatic rings. The Morgan fingerprint density at radius 3 is 2.28 bits per heavy atom. The van der Waals surface area contributed by atoms with Gasteiger partial charge < -0.3 is 14.7 Å². The Kier molecular flexibility index (Phi) is 5.03. The molecule has 1 N–H and O–H groups in total. The summed E-state index contributed by atoms with van der Waals surface area (Å²) in [7, 11) is 1.52. The summed E-state index contributed by atoms with van der Waals surface area (Å²) < 4.78 is 5.42. The Labute approximate surface area is 146 Å². The molecule has 130 valence electrons. The maximum atomic E-state index is 12.9. The largest absolute Gasteiger partial charge is 0.496 e. The van der Waals surface area contributed by atoms with Crippen LogP contribution >= 0.6 is 0 Å². The van der Waals surface area contributed by atoms with Gasteiger partial charge >= 0.3 is 5.97 Å². The minimum Gasteiger partial charge on any atom is -0.496 e. The summed E-state index contributed by atoms with van der Waals surface area (Å²) in [4.78, 5) is 26.5. The van der Waals surface area contributed by atoms with Crippen molar-refractivity contribution in [2.24, 2.45) is 0 Å². The number of methoxy groups -OCH3 is 1. The van der Waals surface area contributed by atoms with Gasteiger partial charge in [0.25, 0.3) is 0 Å². The fourth-order valence-corrected chi connectivity index (χ4v) is 3.23. The molecule has 1 saturated heterocycles. The lowest BCUT2D eigenvalue weighted by atomic mass is 9.97. The van der Waals surface area contributed by atoms with Crippen LogP contribution in [-0.4, -0.2) is 37.1 Å². The number of anilines is 1. The molecule has 0 radical (unpaired) electrons. The summed E-state index contributed by atoms with van der Waals surface area (Å²) in [5.74, 6) is -0.999. The molecule has 3 rings (SSSR count). The number of piperidine rings is 1. The van der Waals surface area contributed by atoms with E-state index < -0.39 is 5.97 Å². The highest BCUT2D eigenvalue weighted by Gasteiger charge is 2.21. The number of benzene rings is 2. The van der Waals surface area contributed by atoms with Crippen molar-refractivity contribution in [2.75, 3.05) is 25.1 Å². The Morgan fingerprint density at radius 1 is 0.960 bits per heavy atom. The fourth-order valence-electron chi connectivity index (χ4n) is 3.23. The predicted molar refractivity (Wildman–Crippen MR) is 95.9 cm³/mol. The van der Waals surface area contributed by atoms with Crippen LogP contribution in [0.2, 0.25) is 0 Å². The van der Waals surface area contributed by atoms with Crippen LogP contribution in [0, 0.1) is 0 Å². The molecule has 0 aromatic heterocycles. The van der Waals surface area contributed by atoms with Crippen molar-refractivity contribution in [3.63, 3.8) is 0 Å². The van der Waals surface area contributed by atoms with E-state index in [-0.39, 0.29) is 16.9 Å². The second-order valence-corrected chi connectivity index (χ2v) is 6.11. The fraction of sp³-hybridized carbons (Fsp3) is 0.300. The molecule has 0 saturated carbocycles. The first kappa shape index (κ1) is 17.0. The van der Waals surface area contributed by atoms with Gasteiger partial charge in [0.05, 0.1) is 18.2 Å². The van der Waals surface area contributed by atoms with Gasteiger partial charge in [-0.15, -0.1) is 0 Å². The molecule has 0 bridgehead atoms. The summed E-state index contributed by atoms with van der Waals surface area (Å²) in [6, 6.07) is 11.7. The van der Waals surface area contributed by atoms with Crippen LogP contribution in [0.25, 0.3) is 0 Å². The number of aromatic carboxylic acids is 1. The zero-order valence-electron chi connectivity index (χ0n) is 14.2. The molecule has 2 aromatic carbocycles. The lowest BCUT2D eigenvalue weighted by molar-refractivity contribution is 0.0692. The van der Waals surface area contributed by atoms with E-state index in [9.17, 15) is 14.7 Å². The molecule has 5 heteroatoms. The molecule has 0 unspecified atom stereocenters. The molecule has 0 spiro atoms. The standard InChI is InChI=1S/C20H21NO4/c1-25-18-13-14(21-11-5-2-6-12-21)9-10-17(18)19(22)15-7-3-4-8-16(15)20(23)24/h3-4,7-10,13H,2,5-6,11-12H2,1H3,(H,23,24). The smallest absolute Gasteiger partial charge is 0.336 e. The molecule has 25 heavy (non-hydrogen) atoms. The van der Waals surface area contributed by atoms with Gasteiger partial charge in [0.1, 0.15) is 5.75 Å². The normalized spacial score (nSPS) is 14.2. The lowest BCUT2D eigenvalue weighted by Crippen LogP contribution is -2.29. The highest BCUT2D eigenvalue weighted by Crippen LogP contribution is 2.30. The third-order valence-corrected chi connectivity index (χ3v) is 4.55. The second-order valence-electron chi connectivity index (χ2n) is 6.11. The van der Waals surface area contributed by atoms with E-state index in [1.165, 1.54) is 25.7 Å². The number of hydrogen-bond donors (Lipinski definition) is 1. The average Bonchev–Trinajstić information content (AvgIpc) is 2.67. The topological polar surface area (TPSA) is 66.8 Å². The molecular formula is C20H21NO4. The van der Waals surface area contributed by atoms with E-state index in [2.05, 4.69) is 4.90 Å².